The van der Waals surface area contributed by atoms with Gasteiger partial charge < -0.3 is 21.9 Å². The number of anilines is 3. The van der Waals surface area contributed by atoms with Gasteiger partial charge >= 0.3 is 93.4 Å². The fraction of sp³-hybridized carbons (Fsp3) is 0.0426. The van der Waals surface area contributed by atoms with Crippen molar-refractivity contribution in [3.63, 3.8) is 0 Å². The van der Waals surface area contributed by atoms with Gasteiger partial charge in [0.25, 0.3) is 50.6 Å². The van der Waals surface area contributed by atoms with Crippen molar-refractivity contribution in [3.05, 3.63) is 151 Å². The number of methoxy groups -OCH3 is 1. The van der Waals surface area contributed by atoms with Crippen molar-refractivity contribution >= 4 is 151 Å². The first-order valence-corrected chi connectivity index (χ1v) is 29.5. The molecule has 420 valence electrons. The van der Waals surface area contributed by atoms with Gasteiger partial charge in [-0.25, -0.2) is 0 Å². The van der Waals surface area contributed by atoms with Crippen LogP contribution >= 0.6 is 23.2 Å². The molecule has 0 bridgehead atoms. The summed E-state index contributed by atoms with van der Waals surface area (Å²) < 4.78 is 165. The van der Waals surface area contributed by atoms with Crippen molar-refractivity contribution in [2.75, 3.05) is 24.3 Å². The molecular formula is C47H41Cl2N9Na3O17S5+3. The van der Waals surface area contributed by atoms with Crippen LogP contribution in [0.2, 0.25) is 0 Å². The van der Waals surface area contributed by atoms with Gasteiger partial charge in [-0.15, -0.1) is 0 Å². The Hall–Kier alpha value is -4.92. The summed E-state index contributed by atoms with van der Waals surface area (Å²) >= 11 is 8.80. The van der Waals surface area contributed by atoms with Crippen LogP contribution in [0.5, 0.6) is 5.75 Å². The summed E-state index contributed by atoms with van der Waals surface area (Å²) in [5.41, 5.74) is 21.8. The second-order valence-electron chi connectivity index (χ2n) is 15.9. The van der Waals surface area contributed by atoms with Gasteiger partial charge in [0.15, 0.2) is 0 Å². The molecule has 11 N–H and O–H groups in total. The summed E-state index contributed by atoms with van der Waals surface area (Å²) in [5, 5.41) is 24.4. The Morgan fingerprint density at radius 2 is 0.819 bits per heavy atom. The molecule has 83 heavy (non-hydrogen) atoms. The fourth-order valence-electron chi connectivity index (χ4n) is 6.56. The van der Waals surface area contributed by atoms with E-state index < -0.39 is 74.9 Å². The molecule has 0 saturated heterocycles. The first kappa shape index (κ1) is 74.2. The number of hydrogen-bond acceptors (Lipinski definition) is 21. The SMILES string of the molecule is COc1cc(N=Nc2cccc(S(=O)(=O)O)c2)ccc1N.Cc1cc(N)ccc1N=Nc1ccc2cc(S(=O)(=O)O)cc(S(=O)(=O)O)c2c1.Nc1ccc(N=Nc2ccc3cc(S(=O)(=O)O)cc(S(=O)(=O)O)c3c2)cc1.O=C(Cl)Cl.[Na+].[Na+].[Na+]. The zero-order valence-electron chi connectivity index (χ0n) is 43.7. The third-order valence-corrected chi connectivity index (χ3v) is 14.5. The molecule has 0 aliphatic carbocycles. The molecule has 8 aromatic carbocycles. The van der Waals surface area contributed by atoms with Gasteiger partial charge in [0.1, 0.15) is 15.5 Å². The quantitative estimate of drug-likeness (QED) is 0.0286. The summed E-state index contributed by atoms with van der Waals surface area (Å²) in [7, 11) is -21.6. The van der Waals surface area contributed by atoms with E-state index in [0.29, 0.717) is 57.7 Å². The molecule has 0 amide bonds. The number of hydrogen-bond donors (Lipinski definition) is 8. The molecule has 0 heterocycles. The number of aryl methyl sites for hydroxylation is 1. The Balaban J connectivity index is 0.000000408. The van der Waals surface area contributed by atoms with Crippen LogP contribution in [0.25, 0.3) is 21.5 Å². The van der Waals surface area contributed by atoms with Crippen molar-refractivity contribution in [3.8, 4) is 5.75 Å². The van der Waals surface area contributed by atoms with Crippen LogP contribution in [-0.4, -0.2) is 76.7 Å². The van der Waals surface area contributed by atoms with E-state index in [2.05, 4.69) is 53.9 Å². The summed E-state index contributed by atoms with van der Waals surface area (Å²) in [6.45, 7) is 1.80. The maximum Gasteiger partial charge on any atom is 1.00 e. The van der Waals surface area contributed by atoms with Crippen molar-refractivity contribution in [2.45, 2.75) is 31.4 Å². The molecule has 0 saturated carbocycles. The Morgan fingerprint density at radius 3 is 1.24 bits per heavy atom. The molecule has 36 heteroatoms. The maximum absolute atomic E-state index is 11.7. The van der Waals surface area contributed by atoms with Crippen LogP contribution < -0.4 is 111 Å². The number of nitrogens with two attached hydrogens (primary N) is 3. The number of fused-ring (bicyclic) bond motifs is 2. The second-order valence-corrected chi connectivity index (χ2v) is 23.8. The maximum atomic E-state index is 11.7. The predicted molar refractivity (Wildman–Crippen MR) is 297 cm³/mol. The van der Waals surface area contributed by atoms with Crippen molar-refractivity contribution < 1.29 is 163 Å². The minimum Gasteiger partial charge on any atom is -0.495 e. The summed E-state index contributed by atoms with van der Waals surface area (Å²) in [6.07, 6.45) is 0. The van der Waals surface area contributed by atoms with Crippen molar-refractivity contribution in [1.29, 1.82) is 0 Å². The smallest absolute Gasteiger partial charge is 0.495 e. The number of nitrogen functional groups attached to an aromatic ring is 3. The van der Waals surface area contributed by atoms with E-state index >= 15 is 0 Å². The van der Waals surface area contributed by atoms with Gasteiger partial charge in [-0.05, 0) is 168 Å². The van der Waals surface area contributed by atoms with Gasteiger partial charge in [0.05, 0.1) is 61.6 Å². The number of nitrogens with zero attached hydrogens (tertiary/aromatic N) is 6. The summed E-state index contributed by atoms with van der Waals surface area (Å²) in [6, 6.07) is 34.0. The third kappa shape index (κ3) is 22.8. The van der Waals surface area contributed by atoms with Crippen LogP contribution in [0, 0.1) is 6.92 Å². The molecule has 0 spiro atoms. The molecule has 0 aliphatic heterocycles. The van der Waals surface area contributed by atoms with Gasteiger partial charge in [-0.1, -0.05) is 18.2 Å². The van der Waals surface area contributed by atoms with E-state index in [9.17, 15) is 60.3 Å². The topological polar surface area (TPSA) is 450 Å². The minimum atomic E-state index is -4.77. The van der Waals surface area contributed by atoms with Crippen LogP contribution in [0.15, 0.2) is 201 Å². The summed E-state index contributed by atoms with van der Waals surface area (Å²) in [4.78, 5) is 6.09. The molecule has 0 atom stereocenters. The largest absolute Gasteiger partial charge is 1.00 e. The molecule has 0 aliphatic rings. The number of halogens is 2. The Morgan fingerprint density at radius 1 is 0.434 bits per heavy atom. The molecule has 26 nitrogen and oxygen atoms in total. The zero-order valence-corrected chi connectivity index (χ0v) is 55.3. The number of carbonyl (C=O) groups is 1. The van der Waals surface area contributed by atoms with E-state index in [1.54, 1.807) is 73.7 Å². The number of benzene rings is 8. The Kier molecular flexibility index (Phi) is 28.1. The number of carbonyl (C=O) groups excluding carboxylic acids is 1. The first-order valence-electron chi connectivity index (χ1n) is 21.5. The zero-order chi connectivity index (χ0) is 59.5. The molecule has 0 radical (unpaired) electrons. The van der Waals surface area contributed by atoms with Crippen molar-refractivity contribution in [1.82, 2.24) is 0 Å². The van der Waals surface area contributed by atoms with Crippen molar-refractivity contribution in [2.24, 2.45) is 30.7 Å². The monoisotopic (exact) mass is 1300 g/mol. The van der Waals surface area contributed by atoms with Gasteiger partial charge in [0, 0.05) is 28.2 Å². The van der Waals surface area contributed by atoms with Crippen LogP contribution in [0.1, 0.15) is 5.56 Å². The predicted octanol–water partition coefficient (Wildman–Crippen LogP) is 2.51. The standard InChI is InChI=1S/C17H15N3O6S2.C16H13N3O6S2.C13H13N3O4S.CCl2O.3Na/c1-10-6-12(18)3-5-16(10)20-19-13-4-2-11-7-14(27(21,22)23)9-17(15(11)8-13)28(24,25)26;17-11-2-5-12(6-3-11)18-19-13-4-1-10-7-14(26(20,21)22)9-16(15(10)8-13)27(23,24)25;1-20-13-8-10(5-6-12(13)14)16-15-9-3-2-4-11(7-9)21(17,18)19;2-1(3)4;;;/h2-9H,18H2,1H3,(H,21,22,23)(H,24,25,26);1-9H,17H2,(H,20,21,22)(H,23,24,25);2-8H,14H2,1H3,(H,17,18,19);;;;/q;;;;3*+1. The van der Waals surface area contributed by atoms with Gasteiger partial charge in [0.2, 0.25) is 0 Å². The minimum absolute atomic E-state index is 0. The normalized spacial score (nSPS) is 11.7. The van der Waals surface area contributed by atoms with E-state index in [-0.39, 0.29) is 126 Å². The first-order chi connectivity index (χ1) is 37.1. The molecule has 8 aromatic rings. The average Bonchev–Trinajstić information content (AvgIpc) is 3.50. The molecule has 8 rings (SSSR count). The van der Waals surface area contributed by atoms with Crippen LogP contribution in [0.4, 0.5) is 56.0 Å². The molecule has 0 fully saturated rings. The van der Waals surface area contributed by atoms with Gasteiger partial charge in [-0.3, -0.25) is 27.6 Å². The third-order valence-electron chi connectivity index (χ3n) is 10.2. The average molecular weight is 1300 g/mol. The fourth-order valence-corrected chi connectivity index (χ4v) is 9.78. The molecular weight excluding hydrogens is 1260 g/mol. The van der Waals surface area contributed by atoms with E-state index in [1.807, 2.05) is 0 Å². The van der Waals surface area contributed by atoms with E-state index in [0.717, 1.165) is 17.7 Å². The molecule has 0 unspecified atom stereocenters. The Labute approximate surface area is 551 Å². The summed E-state index contributed by atoms with van der Waals surface area (Å²) in [5.74, 6) is 0.470. The van der Waals surface area contributed by atoms with E-state index in [1.165, 1.54) is 61.7 Å². The Bertz CT molecular complexity index is 4380. The van der Waals surface area contributed by atoms with Crippen LogP contribution in [-0.2, 0) is 50.6 Å². The number of rotatable bonds is 12. The number of ether oxygens (including phenoxy) is 1. The van der Waals surface area contributed by atoms with E-state index in [4.69, 9.17) is 31.3 Å². The van der Waals surface area contributed by atoms with Crippen LogP contribution in [0.3, 0.4) is 0 Å². The van der Waals surface area contributed by atoms with Gasteiger partial charge in [-0.2, -0.15) is 72.8 Å². The number of azo groups is 3. The molecule has 0 aromatic heterocycles. The second kappa shape index (κ2) is 31.5.